The molecule has 1 N–H and O–H groups in total. The minimum absolute atomic E-state index is 0.141. The molecule has 0 bridgehead atoms. The third-order valence-corrected chi connectivity index (χ3v) is 5.12. The molecule has 1 aliphatic rings. The first-order valence-electron chi connectivity index (χ1n) is 7.80. The summed E-state index contributed by atoms with van der Waals surface area (Å²) in [4.78, 5) is 7.56. The quantitative estimate of drug-likeness (QED) is 0.708. The van der Waals surface area contributed by atoms with Gasteiger partial charge in [0.05, 0.1) is 5.69 Å². The molecule has 1 heterocycles. The standard InChI is InChI=1S/C17H19F3N2S/c1-23-13-9-7-12(8-10-13)15-14(11-5-3-2-4-6-11)21-16(22-15)17(18,19)20/h7-11H,2-6H2,1H3,(H,21,22). The van der Waals surface area contributed by atoms with E-state index >= 15 is 0 Å². The number of benzene rings is 1. The van der Waals surface area contributed by atoms with Crippen LogP contribution in [0.2, 0.25) is 0 Å². The molecular weight excluding hydrogens is 321 g/mol. The van der Waals surface area contributed by atoms with Crippen molar-refractivity contribution in [3.8, 4) is 11.3 Å². The molecule has 2 aromatic rings. The van der Waals surface area contributed by atoms with Crippen LogP contribution in [0.3, 0.4) is 0 Å². The van der Waals surface area contributed by atoms with Gasteiger partial charge in [-0.2, -0.15) is 13.2 Å². The summed E-state index contributed by atoms with van der Waals surface area (Å²) in [5.74, 6) is -0.746. The summed E-state index contributed by atoms with van der Waals surface area (Å²) in [6.07, 6.45) is 2.67. The van der Waals surface area contributed by atoms with E-state index in [1.54, 1.807) is 11.8 Å². The summed E-state index contributed by atoms with van der Waals surface area (Å²) in [6, 6.07) is 7.56. The number of nitrogens with zero attached hydrogens (tertiary/aromatic N) is 1. The number of rotatable bonds is 3. The molecule has 3 rings (SSSR count). The Balaban J connectivity index is 2.03. The van der Waals surface area contributed by atoms with Crippen molar-refractivity contribution in [1.29, 1.82) is 0 Å². The first kappa shape index (κ1) is 16.4. The molecule has 6 heteroatoms. The van der Waals surface area contributed by atoms with Crippen LogP contribution < -0.4 is 0 Å². The average molecular weight is 340 g/mol. The van der Waals surface area contributed by atoms with Crippen LogP contribution in [0.5, 0.6) is 0 Å². The highest BCUT2D eigenvalue weighted by atomic mass is 32.2. The molecule has 0 amide bonds. The molecule has 23 heavy (non-hydrogen) atoms. The number of H-pyrrole nitrogens is 1. The molecule has 1 fully saturated rings. The maximum absolute atomic E-state index is 13.1. The highest BCUT2D eigenvalue weighted by Crippen LogP contribution is 2.39. The normalized spacial score (nSPS) is 16.7. The molecule has 0 aliphatic heterocycles. The number of halogens is 3. The van der Waals surface area contributed by atoms with Crippen LogP contribution in [-0.4, -0.2) is 16.2 Å². The smallest absolute Gasteiger partial charge is 0.337 e. The van der Waals surface area contributed by atoms with Gasteiger partial charge in [0, 0.05) is 22.1 Å². The third-order valence-electron chi connectivity index (χ3n) is 4.38. The van der Waals surface area contributed by atoms with Crippen molar-refractivity contribution in [3.05, 3.63) is 35.8 Å². The topological polar surface area (TPSA) is 28.7 Å². The second-order valence-corrected chi connectivity index (χ2v) is 6.79. The number of hydrogen-bond acceptors (Lipinski definition) is 2. The van der Waals surface area contributed by atoms with Gasteiger partial charge in [-0.1, -0.05) is 31.4 Å². The van der Waals surface area contributed by atoms with Crippen molar-refractivity contribution >= 4 is 11.8 Å². The molecule has 0 unspecified atom stereocenters. The summed E-state index contributed by atoms with van der Waals surface area (Å²) in [5, 5.41) is 0. The van der Waals surface area contributed by atoms with Crippen LogP contribution >= 0.6 is 11.8 Å². The highest BCUT2D eigenvalue weighted by Gasteiger charge is 2.37. The van der Waals surface area contributed by atoms with Gasteiger partial charge in [-0.25, -0.2) is 4.98 Å². The molecular formula is C17H19F3N2S. The van der Waals surface area contributed by atoms with Crippen molar-refractivity contribution in [2.75, 3.05) is 6.26 Å². The fourth-order valence-electron chi connectivity index (χ4n) is 3.18. The van der Waals surface area contributed by atoms with Crippen LogP contribution in [0.1, 0.15) is 49.5 Å². The van der Waals surface area contributed by atoms with Gasteiger partial charge in [-0.15, -0.1) is 11.8 Å². The fourth-order valence-corrected chi connectivity index (χ4v) is 3.58. The lowest BCUT2D eigenvalue weighted by atomic mass is 9.85. The Labute approximate surface area is 137 Å². The molecule has 1 saturated carbocycles. The first-order valence-corrected chi connectivity index (χ1v) is 9.03. The van der Waals surface area contributed by atoms with E-state index in [0.717, 1.165) is 42.6 Å². The molecule has 1 aromatic heterocycles. The Morgan fingerprint density at radius 1 is 1.09 bits per heavy atom. The van der Waals surface area contributed by atoms with E-state index in [-0.39, 0.29) is 5.92 Å². The summed E-state index contributed by atoms with van der Waals surface area (Å²) >= 11 is 1.61. The largest absolute Gasteiger partial charge is 0.449 e. The van der Waals surface area contributed by atoms with E-state index in [1.165, 1.54) is 0 Å². The third kappa shape index (κ3) is 3.57. The number of aromatic amines is 1. The molecule has 1 aliphatic carbocycles. The molecule has 0 saturated heterocycles. The SMILES string of the molecule is CSc1ccc(-c2nc(C(F)(F)F)[nH]c2C2CCCCC2)cc1. The number of alkyl halides is 3. The molecule has 124 valence electrons. The fraction of sp³-hybridized carbons (Fsp3) is 0.471. The predicted octanol–water partition coefficient (Wildman–Crippen LogP) is 5.87. The second-order valence-electron chi connectivity index (χ2n) is 5.91. The van der Waals surface area contributed by atoms with Crippen LogP contribution in [-0.2, 0) is 6.18 Å². The number of aromatic nitrogens is 2. The van der Waals surface area contributed by atoms with Crippen molar-refractivity contribution in [2.24, 2.45) is 0 Å². The van der Waals surface area contributed by atoms with E-state index in [9.17, 15) is 13.2 Å². The molecule has 0 radical (unpaired) electrons. The Morgan fingerprint density at radius 2 is 1.74 bits per heavy atom. The lowest BCUT2D eigenvalue weighted by Gasteiger charge is -2.21. The van der Waals surface area contributed by atoms with Crippen molar-refractivity contribution < 1.29 is 13.2 Å². The zero-order valence-electron chi connectivity index (χ0n) is 12.9. The maximum Gasteiger partial charge on any atom is 0.449 e. The van der Waals surface area contributed by atoms with E-state index in [1.807, 2.05) is 30.5 Å². The minimum atomic E-state index is -4.44. The van der Waals surface area contributed by atoms with Gasteiger partial charge < -0.3 is 4.98 Å². The molecule has 0 atom stereocenters. The Morgan fingerprint density at radius 3 is 2.30 bits per heavy atom. The van der Waals surface area contributed by atoms with Gasteiger partial charge in [-0.3, -0.25) is 0 Å². The highest BCUT2D eigenvalue weighted by molar-refractivity contribution is 7.98. The number of imidazole rings is 1. The van der Waals surface area contributed by atoms with Gasteiger partial charge in [-0.05, 0) is 31.2 Å². The minimum Gasteiger partial charge on any atom is -0.337 e. The maximum atomic E-state index is 13.1. The second kappa shape index (κ2) is 6.59. The van der Waals surface area contributed by atoms with E-state index < -0.39 is 12.0 Å². The Hall–Kier alpha value is -1.43. The Kier molecular flexibility index (Phi) is 4.71. The summed E-state index contributed by atoms with van der Waals surface area (Å²) in [7, 11) is 0. The van der Waals surface area contributed by atoms with Crippen LogP contribution in [0.25, 0.3) is 11.3 Å². The lowest BCUT2D eigenvalue weighted by molar-refractivity contribution is -0.144. The van der Waals surface area contributed by atoms with Gasteiger partial charge >= 0.3 is 6.18 Å². The molecule has 2 nitrogen and oxygen atoms in total. The van der Waals surface area contributed by atoms with Crippen LogP contribution in [0.4, 0.5) is 13.2 Å². The Bertz CT molecular complexity index is 655. The van der Waals surface area contributed by atoms with Crippen LogP contribution in [0.15, 0.2) is 29.2 Å². The number of hydrogen-bond donors (Lipinski definition) is 1. The molecule has 1 aromatic carbocycles. The van der Waals surface area contributed by atoms with E-state index in [4.69, 9.17) is 0 Å². The zero-order valence-corrected chi connectivity index (χ0v) is 13.7. The van der Waals surface area contributed by atoms with Crippen molar-refractivity contribution in [3.63, 3.8) is 0 Å². The summed E-state index contributed by atoms with van der Waals surface area (Å²) in [5.41, 5.74) is 1.85. The zero-order chi connectivity index (χ0) is 16.4. The average Bonchev–Trinajstić information content (AvgIpc) is 3.01. The van der Waals surface area contributed by atoms with E-state index in [2.05, 4.69) is 9.97 Å². The summed E-state index contributed by atoms with van der Waals surface area (Å²) in [6.45, 7) is 0. The summed E-state index contributed by atoms with van der Waals surface area (Å²) < 4.78 is 39.3. The molecule has 0 spiro atoms. The van der Waals surface area contributed by atoms with Gasteiger partial charge in [0.15, 0.2) is 0 Å². The van der Waals surface area contributed by atoms with Crippen molar-refractivity contribution in [2.45, 2.75) is 49.1 Å². The van der Waals surface area contributed by atoms with Gasteiger partial charge in [0.2, 0.25) is 5.82 Å². The number of nitrogens with one attached hydrogen (secondary N) is 1. The first-order chi connectivity index (χ1) is 11.0. The predicted molar refractivity (Wildman–Crippen MR) is 86.6 cm³/mol. The lowest BCUT2D eigenvalue weighted by Crippen LogP contribution is -2.09. The van der Waals surface area contributed by atoms with Gasteiger partial charge in [0.25, 0.3) is 0 Å². The van der Waals surface area contributed by atoms with E-state index in [0.29, 0.717) is 11.4 Å². The van der Waals surface area contributed by atoms with Gasteiger partial charge in [0.1, 0.15) is 0 Å². The van der Waals surface area contributed by atoms with Crippen molar-refractivity contribution in [1.82, 2.24) is 9.97 Å². The number of thioether (sulfide) groups is 1. The monoisotopic (exact) mass is 340 g/mol. The van der Waals surface area contributed by atoms with Crippen LogP contribution in [0, 0.1) is 0 Å².